The van der Waals surface area contributed by atoms with Crippen LogP contribution < -0.4 is 4.90 Å². The first-order valence-corrected chi connectivity index (χ1v) is 10.2. The van der Waals surface area contributed by atoms with Crippen LogP contribution in [0.2, 0.25) is 15.1 Å². The van der Waals surface area contributed by atoms with Gasteiger partial charge < -0.3 is 4.90 Å². The number of aromatic nitrogens is 2. The number of Topliss-reactive ketones (excluding diaryl/α,β-unsaturated/α-hetero) is 2. The van der Waals surface area contributed by atoms with Crippen molar-refractivity contribution in [2.24, 2.45) is 0 Å². The lowest BCUT2D eigenvalue weighted by atomic mass is 10.1. The summed E-state index contributed by atoms with van der Waals surface area (Å²) in [6, 6.07) is 11.2. The quantitative estimate of drug-likeness (QED) is 0.335. The number of benzene rings is 2. The lowest BCUT2D eigenvalue weighted by Gasteiger charge is -2.23. The van der Waals surface area contributed by atoms with E-state index in [1.54, 1.807) is 30.3 Å². The van der Waals surface area contributed by atoms with E-state index in [2.05, 4.69) is 9.97 Å². The second-order valence-electron chi connectivity index (χ2n) is 6.62. The zero-order valence-electron chi connectivity index (χ0n) is 16.3. The van der Waals surface area contributed by atoms with Gasteiger partial charge >= 0.3 is 0 Å². The highest BCUT2D eigenvalue weighted by atomic mass is 35.5. The topological polar surface area (TPSA) is 80.2 Å². The van der Waals surface area contributed by atoms with Crippen molar-refractivity contribution in [2.45, 2.75) is 19.9 Å². The van der Waals surface area contributed by atoms with Gasteiger partial charge in [0.15, 0.2) is 11.6 Å². The molecule has 0 fully saturated rings. The third-order valence-electron chi connectivity index (χ3n) is 4.40. The van der Waals surface area contributed by atoms with Crippen LogP contribution in [0.15, 0.2) is 54.9 Å². The standard InChI is InChI=1S/C22H16Cl3N3O3/c1-13(29)16-5-4-15(10-18(16)24)28(12-14-3-6-17(23)19(25)9-14)21(31)11-20(30)22-26-7-2-8-27-22/h2-10H,11-12H2,1H3. The number of ketones is 2. The molecule has 0 N–H and O–H groups in total. The molecule has 0 radical (unpaired) electrons. The van der Waals surface area contributed by atoms with Gasteiger partial charge in [-0.1, -0.05) is 40.9 Å². The van der Waals surface area contributed by atoms with Crippen molar-refractivity contribution in [3.05, 3.63) is 86.9 Å². The maximum absolute atomic E-state index is 13.1. The Morgan fingerprint density at radius 3 is 2.23 bits per heavy atom. The van der Waals surface area contributed by atoms with E-state index in [9.17, 15) is 14.4 Å². The number of carbonyl (C=O) groups is 3. The number of rotatable bonds is 7. The van der Waals surface area contributed by atoms with E-state index in [0.717, 1.165) is 0 Å². The predicted molar refractivity (Wildman–Crippen MR) is 120 cm³/mol. The van der Waals surface area contributed by atoms with Gasteiger partial charge in [0.1, 0.15) is 0 Å². The molecule has 6 nitrogen and oxygen atoms in total. The van der Waals surface area contributed by atoms with Crippen LogP contribution in [0, 0.1) is 0 Å². The molecule has 31 heavy (non-hydrogen) atoms. The Morgan fingerprint density at radius 1 is 0.903 bits per heavy atom. The Labute approximate surface area is 193 Å². The van der Waals surface area contributed by atoms with Crippen LogP contribution in [-0.2, 0) is 11.3 Å². The molecule has 1 heterocycles. The van der Waals surface area contributed by atoms with E-state index in [0.29, 0.717) is 26.9 Å². The van der Waals surface area contributed by atoms with Crippen LogP contribution in [0.3, 0.4) is 0 Å². The van der Waals surface area contributed by atoms with Crippen molar-refractivity contribution in [1.82, 2.24) is 9.97 Å². The molecule has 0 aliphatic heterocycles. The number of amides is 1. The van der Waals surface area contributed by atoms with Crippen molar-refractivity contribution in [2.75, 3.05) is 4.90 Å². The predicted octanol–water partition coefficient (Wildman–Crippen LogP) is 5.45. The number of halogens is 3. The van der Waals surface area contributed by atoms with Crippen molar-refractivity contribution < 1.29 is 14.4 Å². The molecule has 3 aromatic rings. The molecule has 0 atom stereocenters. The van der Waals surface area contributed by atoms with E-state index in [1.807, 2.05) is 0 Å². The second kappa shape index (κ2) is 10.0. The molecular weight excluding hydrogens is 461 g/mol. The first kappa shape index (κ1) is 22.9. The first-order valence-electron chi connectivity index (χ1n) is 9.11. The average Bonchev–Trinajstić information content (AvgIpc) is 2.74. The number of anilines is 1. The summed E-state index contributed by atoms with van der Waals surface area (Å²) < 4.78 is 0. The number of hydrogen-bond acceptors (Lipinski definition) is 5. The number of nitrogens with zero attached hydrogens (tertiary/aromatic N) is 3. The van der Waals surface area contributed by atoms with Crippen LogP contribution >= 0.6 is 34.8 Å². The van der Waals surface area contributed by atoms with Gasteiger partial charge in [-0.25, -0.2) is 9.97 Å². The molecule has 2 aromatic carbocycles. The van der Waals surface area contributed by atoms with Crippen molar-refractivity contribution in [3.63, 3.8) is 0 Å². The second-order valence-corrected chi connectivity index (χ2v) is 7.84. The summed E-state index contributed by atoms with van der Waals surface area (Å²) in [4.78, 5) is 46.4. The highest BCUT2D eigenvalue weighted by Gasteiger charge is 2.23. The molecule has 1 amide bonds. The van der Waals surface area contributed by atoms with Gasteiger partial charge in [0.25, 0.3) is 0 Å². The molecule has 0 spiro atoms. The summed E-state index contributed by atoms with van der Waals surface area (Å²) in [6.07, 6.45) is 2.41. The molecule has 3 rings (SSSR count). The molecule has 0 saturated carbocycles. The van der Waals surface area contributed by atoms with Gasteiger partial charge in [-0.3, -0.25) is 14.4 Å². The molecule has 1 aromatic heterocycles. The Bertz CT molecular complexity index is 1150. The Hall–Kier alpha value is -2.80. The molecule has 158 valence electrons. The van der Waals surface area contributed by atoms with Crippen molar-refractivity contribution >= 4 is 58.0 Å². The Kier molecular flexibility index (Phi) is 7.38. The van der Waals surface area contributed by atoms with Gasteiger partial charge in [-0.2, -0.15) is 0 Å². The van der Waals surface area contributed by atoms with Gasteiger partial charge in [0, 0.05) is 23.6 Å². The van der Waals surface area contributed by atoms with E-state index < -0.39 is 18.1 Å². The molecule has 0 bridgehead atoms. The average molecular weight is 477 g/mol. The Balaban J connectivity index is 1.94. The zero-order valence-corrected chi connectivity index (χ0v) is 18.6. The molecule has 0 unspecified atom stereocenters. The van der Waals surface area contributed by atoms with Gasteiger partial charge in [-0.15, -0.1) is 0 Å². The van der Waals surface area contributed by atoms with Crippen LogP contribution in [0.5, 0.6) is 0 Å². The van der Waals surface area contributed by atoms with Crippen LogP contribution in [0.1, 0.15) is 39.9 Å². The number of hydrogen-bond donors (Lipinski definition) is 0. The fourth-order valence-corrected chi connectivity index (χ4v) is 3.48. The largest absolute Gasteiger partial charge is 0.308 e. The summed E-state index contributed by atoms with van der Waals surface area (Å²) in [5.74, 6) is -1.25. The summed E-state index contributed by atoms with van der Waals surface area (Å²) >= 11 is 18.3. The van der Waals surface area contributed by atoms with Crippen LogP contribution in [0.25, 0.3) is 0 Å². The fraction of sp³-hybridized carbons (Fsp3) is 0.136. The van der Waals surface area contributed by atoms with Crippen LogP contribution in [-0.4, -0.2) is 27.4 Å². The monoisotopic (exact) mass is 475 g/mol. The third kappa shape index (κ3) is 5.67. The number of carbonyl (C=O) groups excluding carboxylic acids is 3. The highest BCUT2D eigenvalue weighted by molar-refractivity contribution is 6.42. The normalized spacial score (nSPS) is 10.6. The summed E-state index contributed by atoms with van der Waals surface area (Å²) in [5.41, 5.74) is 1.45. The molecule has 9 heteroatoms. The smallest absolute Gasteiger partial charge is 0.235 e. The third-order valence-corrected chi connectivity index (χ3v) is 5.45. The lowest BCUT2D eigenvalue weighted by molar-refractivity contribution is -0.117. The SMILES string of the molecule is CC(=O)c1ccc(N(Cc2ccc(Cl)c(Cl)c2)C(=O)CC(=O)c2ncccn2)cc1Cl. The summed E-state index contributed by atoms with van der Waals surface area (Å²) in [7, 11) is 0. The molecule has 0 aliphatic carbocycles. The van der Waals surface area contributed by atoms with Gasteiger partial charge in [-0.05, 0) is 48.9 Å². The first-order chi connectivity index (χ1) is 14.8. The summed E-state index contributed by atoms with van der Waals surface area (Å²) in [6.45, 7) is 1.51. The summed E-state index contributed by atoms with van der Waals surface area (Å²) in [5, 5.41) is 0.925. The lowest BCUT2D eigenvalue weighted by Crippen LogP contribution is -2.32. The Morgan fingerprint density at radius 2 is 1.61 bits per heavy atom. The minimum atomic E-state index is -0.517. The van der Waals surface area contributed by atoms with E-state index in [-0.39, 0.29) is 23.2 Å². The van der Waals surface area contributed by atoms with Crippen LogP contribution in [0.4, 0.5) is 5.69 Å². The zero-order chi connectivity index (χ0) is 22.5. The van der Waals surface area contributed by atoms with E-state index in [4.69, 9.17) is 34.8 Å². The maximum Gasteiger partial charge on any atom is 0.235 e. The fourth-order valence-electron chi connectivity index (χ4n) is 2.86. The molecular formula is C22H16Cl3N3O3. The molecule has 0 saturated heterocycles. The van der Waals surface area contributed by atoms with Gasteiger partial charge in [0.2, 0.25) is 11.7 Å². The van der Waals surface area contributed by atoms with Crippen molar-refractivity contribution in [3.8, 4) is 0 Å². The minimum absolute atomic E-state index is 0.0460. The van der Waals surface area contributed by atoms with E-state index >= 15 is 0 Å². The van der Waals surface area contributed by atoms with Crippen molar-refractivity contribution in [1.29, 1.82) is 0 Å². The van der Waals surface area contributed by atoms with Gasteiger partial charge in [0.05, 0.1) is 28.0 Å². The van der Waals surface area contributed by atoms with E-state index in [1.165, 1.54) is 36.4 Å². The molecule has 0 aliphatic rings. The maximum atomic E-state index is 13.1. The minimum Gasteiger partial charge on any atom is -0.308 e. The highest BCUT2D eigenvalue weighted by Crippen LogP contribution is 2.28.